The summed E-state index contributed by atoms with van der Waals surface area (Å²) in [6.45, 7) is 6.79. The Morgan fingerprint density at radius 3 is 2.14 bits per heavy atom. The van der Waals surface area contributed by atoms with Crippen LogP contribution in [0.15, 0.2) is 54.6 Å². The van der Waals surface area contributed by atoms with Crippen molar-refractivity contribution in [2.45, 2.75) is 43.4 Å². The molecule has 0 bridgehead atoms. The molecule has 0 radical (unpaired) electrons. The molecule has 0 aliphatic heterocycles. The largest absolute Gasteiger partial charge is 0.0836 e. The molecule has 3 rings (SSSR count). The molecule has 1 heteroatoms. The minimum atomic E-state index is 0.229. The topological polar surface area (TPSA) is 0 Å². The van der Waals surface area contributed by atoms with Crippen LogP contribution >= 0.6 is 15.9 Å². The van der Waals surface area contributed by atoms with Gasteiger partial charge in [0.25, 0.3) is 0 Å². The van der Waals surface area contributed by atoms with Gasteiger partial charge in [-0.1, -0.05) is 91.3 Å². The number of rotatable bonds is 3. The second kappa shape index (κ2) is 5.61. The van der Waals surface area contributed by atoms with E-state index in [1.54, 1.807) is 0 Å². The Hall–Kier alpha value is -1.08. The molecule has 2 aromatic rings. The van der Waals surface area contributed by atoms with Gasteiger partial charge in [0.2, 0.25) is 0 Å². The molecule has 21 heavy (non-hydrogen) atoms. The fourth-order valence-corrected chi connectivity index (χ4v) is 3.93. The van der Waals surface area contributed by atoms with E-state index in [1.807, 2.05) is 0 Å². The summed E-state index contributed by atoms with van der Waals surface area (Å²) < 4.78 is 0. The highest BCUT2D eigenvalue weighted by molar-refractivity contribution is 9.09. The maximum absolute atomic E-state index is 3.93. The minimum absolute atomic E-state index is 0.229. The van der Waals surface area contributed by atoms with Gasteiger partial charge in [0.1, 0.15) is 0 Å². The quantitative estimate of drug-likeness (QED) is 0.580. The lowest BCUT2D eigenvalue weighted by Crippen LogP contribution is -2.10. The van der Waals surface area contributed by atoms with E-state index in [9.17, 15) is 0 Å². The Kier molecular flexibility index (Phi) is 3.96. The van der Waals surface area contributed by atoms with Crippen molar-refractivity contribution in [1.29, 1.82) is 0 Å². The molecule has 0 aromatic heterocycles. The van der Waals surface area contributed by atoms with Crippen LogP contribution in [0.25, 0.3) is 0 Å². The third-order valence-corrected chi connectivity index (χ3v) is 5.75. The lowest BCUT2D eigenvalue weighted by Gasteiger charge is -2.20. The van der Waals surface area contributed by atoms with Crippen LogP contribution in [0.2, 0.25) is 0 Å². The molecule has 1 aliphatic carbocycles. The predicted molar refractivity (Wildman–Crippen MR) is 94.1 cm³/mol. The monoisotopic (exact) mass is 342 g/mol. The molecule has 1 aliphatic rings. The van der Waals surface area contributed by atoms with Crippen molar-refractivity contribution in [3.05, 3.63) is 71.3 Å². The van der Waals surface area contributed by atoms with Crippen molar-refractivity contribution in [2.24, 2.45) is 5.92 Å². The molecule has 1 fully saturated rings. The Balaban J connectivity index is 1.71. The van der Waals surface area contributed by atoms with Crippen LogP contribution in [-0.2, 0) is 5.41 Å². The molecule has 110 valence electrons. The second-order valence-electron chi connectivity index (χ2n) is 7.19. The molecule has 0 amide bonds. The number of halogens is 1. The lowest BCUT2D eigenvalue weighted by atomic mass is 9.86. The van der Waals surface area contributed by atoms with Crippen molar-refractivity contribution < 1.29 is 0 Å². The van der Waals surface area contributed by atoms with Crippen LogP contribution in [0, 0.1) is 5.92 Å². The van der Waals surface area contributed by atoms with Gasteiger partial charge >= 0.3 is 0 Å². The molecule has 3 unspecified atom stereocenters. The summed E-state index contributed by atoms with van der Waals surface area (Å²) in [6, 6.07) is 20.0. The minimum Gasteiger partial charge on any atom is -0.0836 e. The highest BCUT2D eigenvalue weighted by Gasteiger charge is 2.43. The summed E-state index contributed by atoms with van der Waals surface area (Å²) in [7, 11) is 0. The summed E-state index contributed by atoms with van der Waals surface area (Å²) >= 11 is 3.93. The molecule has 2 aromatic carbocycles. The van der Waals surface area contributed by atoms with E-state index in [1.165, 1.54) is 23.1 Å². The summed E-state index contributed by atoms with van der Waals surface area (Å²) in [6.07, 6.45) is 1.29. The SMILES string of the molecule is CC(C)(C)c1ccc(C(Br)C2CC2c2ccccc2)cc1. The maximum atomic E-state index is 3.93. The Bertz CT molecular complexity index is 592. The van der Waals surface area contributed by atoms with Gasteiger partial charge < -0.3 is 0 Å². The first-order chi connectivity index (χ1) is 9.97. The molecule has 0 spiro atoms. The van der Waals surface area contributed by atoms with Crippen LogP contribution in [0.5, 0.6) is 0 Å². The predicted octanol–water partition coefficient (Wildman–Crippen LogP) is 6.22. The van der Waals surface area contributed by atoms with Gasteiger partial charge in [-0.25, -0.2) is 0 Å². The van der Waals surface area contributed by atoms with Crippen LogP contribution in [0.3, 0.4) is 0 Å². The summed E-state index contributed by atoms with van der Waals surface area (Å²) in [5.74, 6) is 1.45. The van der Waals surface area contributed by atoms with E-state index >= 15 is 0 Å². The lowest BCUT2D eigenvalue weighted by molar-refractivity contribution is 0.589. The van der Waals surface area contributed by atoms with Crippen LogP contribution in [-0.4, -0.2) is 0 Å². The van der Waals surface area contributed by atoms with Gasteiger partial charge in [-0.3, -0.25) is 0 Å². The van der Waals surface area contributed by atoms with Gasteiger partial charge in [0, 0.05) is 4.83 Å². The maximum Gasteiger partial charge on any atom is 0.0429 e. The average Bonchev–Trinajstić information content (AvgIpc) is 3.27. The molecule has 0 heterocycles. The van der Waals surface area contributed by atoms with Crippen LogP contribution < -0.4 is 0 Å². The van der Waals surface area contributed by atoms with E-state index in [0.29, 0.717) is 4.83 Å². The van der Waals surface area contributed by atoms with Gasteiger partial charge in [0.15, 0.2) is 0 Å². The number of alkyl halides is 1. The second-order valence-corrected chi connectivity index (χ2v) is 8.18. The third kappa shape index (κ3) is 3.23. The van der Waals surface area contributed by atoms with Crippen LogP contribution in [0.4, 0.5) is 0 Å². The zero-order chi connectivity index (χ0) is 15.0. The highest BCUT2D eigenvalue weighted by Crippen LogP contribution is 2.57. The third-order valence-electron chi connectivity index (χ3n) is 4.54. The van der Waals surface area contributed by atoms with Crippen molar-refractivity contribution in [2.75, 3.05) is 0 Å². The summed E-state index contributed by atoms with van der Waals surface area (Å²) in [5, 5.41) is 0. The molecule has 0 saturated heterocycles. The molecular weight excluding hydrogens is 320 g/mol. The molecule has 1 saturated carbocycles. The standard InChI is InChI=1S/C20H23Br/c1-20(2,3)16-11-9-15(10-12-16)19(21)18-13-17(18)14-7-5-4-6-8-14/h4-12,17-19H,13H2,1-3H3. The Labute approximate surface area is 136 Å². The van der Waals surface area contributed by atoms with Gasteiger partial charge in [-0.2, -0.15) is 0 Å². The Morgan fingerprint density at radius 2 is 1.57 bits per heavy atom. The first-order valence-electron chi connectivity index (χ1n) is 7.76. The summed E-state index contributed by atoms with van der Waals surface area (Å²) in [5.41, 5.74) is 4.53. The van der Waals surface area contributed by atoms with Gasteiger partial charge in [-0.15, -0.1) is 0 Å². The fraction of sp³-hybridized carbons (Fsp3) is 0.400. The zero-order valence-electron chi connectivity index (χ0n) is 13.0. The van der Waals surface area contributed by atoms with E-state index < -0.39 is 0 Å². The summed E-state index contributed by atoms with van der Waals surface area (Å²) in [4.78, 5) is 0.469. The van der Waals surface area contributed by atoms with Crippen molar-refractivity contribution >= 4 is 15.9 Å². The number of benzene rings is 2. The average molecular weight is 343 g/mol. The van der Waals surface area contributed by atoms with Crippen LogP contribution in [0.1, 0.15) is 54.6 Å². The first kappa shape index (κ1) is 14.8. The highest BCUT2D eigenvalue weighted by atomic mass is 79.9. The molecule has 0 nitrogen and oxygen atoms in total. The van der Waals surface area contributed by atoms with Gasteiger partial charge in [0.05, 0.1) is 0 Å². The molecule has 3 atom stereocenters. The fourth-order valence-electron chi connectivity index (χ4n) is 3.04. The normalized spacial score (nSPS) is 22.9. The van der Waals surface area contributed by atoms with Crippen molar-refractivity contribution in [3.63, 3.8) is 0 Å². The number of hydrogen-bond acceptors (Lipinski definition) is 0. The van der Waals surface area contributed by atoms with E-state index in [-0.39, 0.29) is 5.41 Å². The van der Waals surface area contributed by atoms with E-state index in [4.69, 9.17) is 0 Å². The first-order valence-corrected chi connectivity index (χ1v) is 8.68. The number of hydrogen-bond donors (Lipinski definition) is 0. The van der Waals surface area contributed by atoms with Crippen molar-refractivity contribution in [3.8, 4) is 0 Å². The van der Waals surface area contributed by atoms with Crippen molar-refractivity contribution in [1.82, 2.24) is 0 Å². The smallest absolute Gasteiger partial charge is 0.0429 e. The molecule has 0 N–H and O–H groups in total. The van der Waals surface area contributed by atoms with E-state index in [0.717, 1.165) is 11.8 Å². The Morgan fingerprint density at radius 1 is 0.952 bits per heavy atom. The van der Waals surface area contributed by atoms with Gasteiger partial charge in [-0.05, 0) is 40.4 Å². The molecular formula is C20H23Br. The van der Waals surface area contributed by atoms with E-state index in [2.05, 4.69) is 91.3 Å². The zero-order valence-corrected chi connectivity index (χ0v) is 14.6.